The minimum atomic E-state index is -0.566. The number of thiophene rings is 1. The number of hydrogen-bond donors (Lipinski definition) is 0. The van der Waals surface area contributed by atoms with Crippen LogP contribution in [0.15, 0.2) is 27.1 Å². The minimum absolute atomic E-state index is 0.0198. The Kier molecular flexibility index (Phi) is 3.77. The SMILES string of the molecule is CN(Cc1cccs1)c1c(C#N)c(=O)n(C)c(=O)n1C. The van der Waals surface area contributed by atoms with Crippen molar-refractivity contribution in [2.24, 2.45) is 14.1 Å². The summed E-state index contributed by atoms with van der Waals surface area (Å²) in [6.45, 7) is 0.535. The van der Waals surface area contributed by atoms with Gasteiger partial charge in [0.2, 0.25) is 0 Å². The predicted octanol–water partition coefficient (Wildman–Crippen LogP) is 0.654. The summed E-state index contributed by atoms with van der Waals surface area (Å²) in [4.78, 5) is 26.8. The van der Waals surface area contributed by atoms with E-state index in [9.17, 15) is 14.9 Å². The van der Waals surface area contributed by atoms with Gasteiger partial charge < -0.3 is 4.90 Å². The molecule has 0 saturated heterocycles. The van der Waals surface area contributed by atoms with Gasteiger partial charge in [-0.3, -0.25) is 13.9 Å². The van der Waals surface area contributed by atoms with E-state index in [4.69, 9.17) is 0 Å². The number of anilines is 1. The normalized spacial score (nSPS) is 10.3. The van der Waals surface area contributed by atoms with Crippen LogP contribution in [0.2, 0.25) is 0 Å². The molecule has 2 aromatic heterocycles. The minimum Gasteiger partial charge on any atom is -0.355 e. The maximum atomic E-state index is 12.0. The lowest BCUT2D eigenvalue weighted by Crippen LogP contribution is -2.41. The van der Waals surface area contributed by atoms with E-state index in [0.29, 0.717) is 12.4 Å². The topological polar surface area (TPSA) is 71.0 Å². The second-order valence-electron chi connectivity index (χ2n) is 4.45. The van der Waals surface area contributed by atoms with E-state index in [2.05, 4.69) is 0 Å². The number of nitrogens with zero attached hydrogens (tertiary/aromatic N) is 4. The molecule has 0 aliphatic heterocycles. The molecule has 0 fully saturated rings. The average molecular weight is 290 g/mol. The van der Waals surface area contributed by atoms with Crippen molar-refractivity contribution >= 4 is 17.2 Å². The molecule has 2 rings (SSSR count). The number of nitriles is 1. The molecule has 0 aliphatic carbocycles. The van der Waals surface area contributed by atoms with E-state index < -0.39 is 11.2 Å². The van der Waals surface area contributed by atoms with Crippen LogP contribution in [-0.4, -0.2) is 16.2 Å². The van der Waals surface area contributed by atoms with E-state index >= 15 is 0 Å². The van der Waals surface area contributed by atoms with Gasteiger partial charge in [0, 0.05) is 26.0 Å². The summed E-state index contributed by atoms with van der Waals surface area (Å²) in [5.41, 5.74) is -1.03. The fraction of sp³-hybridized carbons (Fsp3) is 0.308. The molecule has 0 N–H and O–H groups in total. The second-order valence-corrected chi connectivity index (χ2v) is 5.48. The Bertz CT molecular complexity index is 780. The highest BCUT2D eigenvalue weighted by Gasteiger charge is 2.18. The van der Waals surface area contributed by atoms with Crippen LogP contribution in [0, 0.1) is 11.3 Å². The zero-order valence-corrected chi connectivity index (χ0v) is 12.3. The van der Waals surface area contributed by atoms with Gasteiger partial charge in [0.05, 0.1) is 6.54 Å². The monoisotopic (exact) mass is 290 g/mol. The van der Waals surface area contributed by atoms with Crippen LogP contribution in [0.4, 0.5) is 5.82 Å². The van der Waals surface area contributed by atoms with E-state index in [-0.39, 0.29) is 5.56 Å². The third kappa shape index (κ3) is 2.26. The molecule has 104 valence electrons. The first-order valence-electron chi connectivity index (χ1n) is 5.91. The third-order valence-corrected chi connectivity index (χ3v) is 3.94. The third-order valence-electron chi connectivity index (χ3n) is 3.08. The quantitative estimate of drug-likeness (QED) is 0.832. The summed E-state index contributed by atoms with van der Waals surface area (Å²) in [5, 5.41) is 11.2. The molecule has 0 bridgehead atoms. The number of aromatic nitrogens is 2. The Labute approximate surface area is 119 Å². The summed E-state index contributed by atoms with van der Waals surface area (Å²) in [6.07, 6.45) is 0. The largest absolute Gasteiger partial charge is 0.355 e. The Balaban J connectivity index is 2.59. The molecular formula is C13H14N4O2S. The van der Waals surface area contributed by atoms with Crippen molar-refractivity contribution in [1.29, 1.82) is 5.26 Å². The second kappa shape index (κ2) is 5.35. The Morgan fingerprint density at radius 3 is 2.60 bits per heavy atom. The van der Waals surface area contributed by atoms with Gasteiger partial charge in [0.15, 0.2) is 5.56 Å². The predicted molar refractivity (Wildman–Crippen MR) is 78.1 cm³/mol. The van der Waals surface area contributed by atoms with Gasteiger partial charge in [-0.1, -0.05) is 6.07 Å². The fourth-order valence-electron chi connectivity index (χ4n) is 2.09. The molecule has 20 heavy (non-hydrogen) atoms. The Morgan fingerprint density at radius 2 is 2.05 bits per heavy atom. The molecule has 6 nitrogen and oxygen atoms in total. The molecule has 0 saturated carbocycles. The number of rotatable bonds is 3. The molecule has 0 atom stereocenters. The summed E-state index contributed by atoms with van der Waals surface area (Å²) >= 11 is 1.58. The molecule has 0 spiro atoms. The lowest BCUT2D eigenvalue weighted by Gasteiger charge is -2.22. The smallest absolute Gasteiger partial charge is 0.332 e. The van der Waals surface area contributed by atoms with Crippen LogP contribution >= 0.6 is 11.3 Å². The van der Waals surface area contributed by atoms with Gasteiger partial charge in [-0.05, 0) is 11.4 Å². The van der Waals surface area contributed by atoms with Crippen molar-refractivity contribution < 1.29 is 0 Å². The first-order chi connectivity index (χ1) is 9.47. The van der Waals surface area contributed by atoms with Crippen LogP contribution < -0.4 is 16.1 Å². The standard InChI is InChI=1S/C13H14N4O2S/c1-15(8-9-5-4-6-20-9)11-10(7-14)12(18)17(3)13(19)16(11)2/h4-6H,8H2,1-3H3. The highest BCUT2D eigenvalue weighted by Crippen LogP contribution is 2.18. The van der Waals surface area contributed by atoms with Crippen LogP contribution in [0.5, 0.6) is 0 Å². The summed E-state index contributed by atoms with van der Waals surface area (Å²) in [6, 6.07) is 5.80. The van der Waals surface area contributed by atoms with Gasteiger partial charge in [0.1, 0.15) is 11.9 Å². The van der Waals surface area contributed by atoms with Crippen molar-refractivity contribution in [3.63, 3.8) is 0 Å². The van der Waals surface area contributed by atoms with Gasteiger partial charge in [-0.2, -0.15) is 5.26 Å². The van der Waals surface area contributed by atoms with Gasteiger partial charge >= 0.3 is 5.69 Å². The van der Waals surface area contributed by atoms with E-state index in [0.717, 1.165) is 9.44 Å². The molecule has 0 aromatic carbocycles. The van der Waals surface area contributed by atoms with Crippen LogP contribution in [0.1, 0.15) is 10.4 Å². The van der Waals surface area contributed by atoms with Gasteiger partial charge in [-0.15, -0.1) is 11.3 Å². The van der Waals surface area contributed by atoms with E-state index in [1.54, 1.807) is 30.3 Å². The van der Waals surface area contributed by atoms with Crippen LogP contribution in [0.3, 0.4) is 0 Å². The Morgan fingerprint density at radius 1 is 1.35 bits per heavy atom. The summed E-state index contributed by atoms with van der Waals surface area (Å²) in [7, 11) is 4.69. The zero-order chi connectivity index (χ0) is 14.9. The van der Waals surface area contributed by atoms with Crippen LogP contribution in [0.25, 0.3) is 0 Å². The van der Waals surface area contributed by atoms with Crippen molar-refractivity contribution in [2.45, 2.75) is 6.54 Å². The molecular weight excluding hydrogens is 276 g/mol. The summed E-state index contributed by atoms with van der Waals surface area (Å²) < 4.78 is 2.27. The van der Waals surface area contributed by atoms with Crippen molar-refractivity contribution in [3.8, 4) is 6.07 Å². The maximum absolute atomic E-state index is 12.0. The van der Waals surface area contributed by atoms with Gasteiger partial charge in [0.25, 0.3) is 5.56 Å². The van der Waals surface area contributed by atoms with E-state index in [1.165, 1.54) is 11.6 Å². The summed E-state index contributed by atoms with van der Waals surface area (Å²) in [5.74, 6) is 0.342. The molecule has 2 heterocycles. The highest BCUT2D eigenvalue weighted by molar-refractivity contribution is 7.09. The first kappa shape index (κ1) is 14.1. The Hall–Kier alpha value is -2.33. The zero-order valence-electron chi connectivity index (χ0n) is 11.5. The number of hydrogen-bond acceptors (Lipinski definition) is 5. The molecule has 2 aromatic rings. The molecule has 0 aliphatic rings. The van der Waals surface area contributed by atoms with Gasteiger partial charge in [-0.25, -0.2) is 4.79 Å². The molecule has 0 unspecified atom stereocenters. The fourth-order valence-corrected chi connectivity index (χ4v) is 2.85. The average Bonchev–Trinajstić information content (AvgIpc) is 2.92. The molecule has 7 heteroatoms. The van der Waals surface area contributed by atoms with Crippen LogP contribution in [-0.2, 0) is 20.6 Å². The maximum Gasteiger partial charge on any atom is 0.332 e. The molecule has 0 amide bonds. The van der Waals surface area contributed by atoms with E-state index in [1.807, 2.05) is 23.6 Å². The lowest BCUT2D eigenvalue weighted by atomic mass is 10.3. The van der Waals surface area contributed by atoms with Crippen molar-refractivity contribution in [3.05, 3.63) is 48.8 Å². The molecule has 0 radical (unpaired) electrons. The highest BCUT2D eigenvalue weighted by atomic mass is 32.1. The lowest BCUT2D eigenvalue weighted by molar-refractivity contribution is 0.668. The van der Waals surface area contributed by atoms with Crippen molar-refractivity contribution in [1.82, 2.24) is 9.13 Å². The first-order valence-corrected chi connectivity index (χ1v) is 6.79. The van der Waals surface area contributed by atoms with Crippen molar-refractivity contribution in [2.75, 3.05) is 11.9 Å².